The number of fused-ring (bicyclic) bond motifs is 3. The summed E-state index contributed by atoms with van der Waals surface area (Å²) in [6.45, 7) is 1.80. The molecule has 9 heteroatoms. The predicted octanol–water partition coefficient (Wildman–Crippen LogP) is 0.765. The molecule has 2 bridgehead atoms. The molecule has 1 aromatic rings. The molecule has 0 spiro atoms. The minimum Gasteiger partial charge on any atom is -0.480 e. The van der Waals surface area contributed by atoms with Crippen LogP contribution in [0.3, 0.4) is 0 Å². The highest BCUT2D eigenvalue weighted by Crippen LogP contribution is 2.55. The smallest absolute Gasteiger partial charge is 0.323 e. The zero-order valence-corrected chi connectivity index (χ0v) is 14.5. The lowest BCUT2D eigenvalue weighted by molar-refractivity contribution is -0.142. The molecular weight excluding hydrogens is 332 g/mol. The van der Waals surface area contributed by atoms with Crippen LogP contribution in [0.1, 0.15) is 43.8 Å². The quantitative estimate of drug-likeness (QED) is 0.856. The molecule has 2 fully saturated rings. The number of aryl methyl sites for hydroxylation is 1. The Labute approximate surface area is 140 Å². The second kappa shape index (κ2) is 5.26. The van der Waals surface area contributed by atoms with E-state index >= 15 is 0 Å². The van der Waals surface area contributed by atoms with Crippen molar-refractivity contribution >= 4 is 16.0 Å². The number of sulfonamides is 1. The van der Waals surface area contributed by atoms with Crippen molar-refractivity contribution in [3.8, 4) is 0 Å². The van der Waals surface area contributed by atoms with Gasteiger partial charge in [0.2, 0.25) is 10.0 Å². The van der Waals surface area contributed by atoms with Crippen LogP contribution in [0.5, 0.6) is 0 Å². The van der Waals surface area contributed by atoms with Gasteiger partial charge in [-0.2, -0.15) is 4.31 Å². The third kappa shape index (κ3) is 2.45. The third-order valence-electron chi connectivity index (χ3n) is 6.03. The van der Waals surface area contributed by atoms with Crippen molar-refractivity contribution < 1.29 is 18.3 Å². The van der Waals surface area contributed by atoms with Crippen molar-refractivity contribution in [3.63, 3.8) is 0 Å². The topological polar surface area (TPSA) is 105 Å². The molecule has 2 heterocycles. The van der Waals surface area contributed by atoms with Gasteiger partial charge in [0.05, 0.1) is 18.8 Å². The van der Waals surface area contributed by atoms with Crippen LogP contribution in [0.15, 0.2) is 0 Å². The highest BCUT2D eigenvalue weighted by molar-refractivity contribution is 7.89. The van der Waals surface area contributed by atoms with Crippen LogP contribution in [0.4, 0.5) is 0 Å². The lowest BCUT2D eigenvalue weighted by atomic mass is 9.87. The fourth-order valence-electron chi connectivity index (χ4n) is 4.77. The van der Waals surface area contributed by atoms with Crippen LogP contribution in [0.25, 0.3) is 0 Å². The molecule has 0 radical (unpaired) electrons. The fourth-order valence-corrected chi connectivity index (χ4v) is 6.97. The average molecular weight is 354 g/mol. The van der Waals surface area contributed by atoms with E-state index in [-0.39, 0.29) is 24.3 Å². The summed E-state index contributed by atoms with van der Waals surface area (Å²) in [5, 5.41) is 17.5. The molecule has 24 heavy (non-hydrogen) atoms. The van der Waals surface area contributed by atoms with Gasteiger partial charge < -0.3 is 9.67 Å². The summed E-state index contributed by atoms with van der Waals surface area (Å²) in [4.78, 5) is 11.7. The monoisotopic (exact) mass is 354 g/mol. The van der Waals surface area contributed by atoms with Crippen molar-refractivity contribution in [1.29, 1.82) is 0 Å². The Morgan fingerprint density at radius 3 is 2.62 bits per heavy atom. The van der Waals surface area contributed by atoms with E-state index in [2.05, 4.69) is 10.2 Å². The molecule has 8 nitrogen and oxygen atoms in total. The van der Waals surface area contributed by atoms with Gasteiger partial charge in [0, 0.05) is 0 Å². The number of carboxylic acid groups (broad SMARTS) is 1. The number of hydrogen-bond acceptors (Lipinski definition) is 5. The lowest BCUT2D eigenvalue weighted by Gasteiger charge is -2.35. The second-order valence-corrected chi connectivity index (χ2v) is 9.50. The predicted molar refractivity (Wildman–Crippen MR) is 84.5 cm³/mol. The van der Waals surface area contributed by atoms with Gasteiger partial charge in [-0.25, -0.2) is 8.42 Å². The molecular formula is C15H22N4O4S. The molecule has 1 atom stereocenters. The minimum absolute atomic E-state index is 0.0142. The van der Waals surface area contributed by atoms with E-state index in [0.717, 1.165) is 36.4 Å². The number of carboxylic acids is 1. The van der Waals surface area contributed by atoms with E-state index in [0.29, 0.717) is 17.6 Å². The second-order valence-electron chi connectivity index (χ2n) is 7.58. The summed E-state index contributed by atoms with van der Waals surface area (Å²) in [5.74, 6) is 0.726. The Kier molecular flexibility index (Phi) is 3.51. The molecule has 1 aromatic heterocycles. The minimum atomic E-state index is -3.67. The maximum atomic E-state index is 13.1. The molecule has 1 aliphatic heterocycles. The Balaban J connectivity index is 1.64. The van der Waals surface area contributed by atoms with E-state index in [1.165, 1.54) is 0 Å². The van der Waals surface area contributed by atoms with Crippen LogP contribution in [0, 0.1) is 18.3 Å². The number of hydrogen-bond donors (Lipinski definition) is 1. The summed E-state index contributed by atoms with van der Waals surface area (Å²) in [6, 6.07) is -1.09. The first kappa shape index (κ1) is 16.0. The van der Waals surface area contributed by atoms with E-state index in [4.69, 9.17) is 0 Å². The Morgan fingerprint density at radius 2 is 2.04 bits per heavy atom. The normalized spacial score (nSPS) is 32.9. The molecule has 2 aliphatic carbocycles. The van der Waals surface area contributed by atoms with Crippen molar-refractivity contribution in [2.45, 2.75) is 58.2 Å². The lowest BCUT2D eigenvalue weighted by Crippen LogP contribution is -2.52. The summed E-state index contributed by atoms with van der Waals surface area (Å²) in [6.07, 6.45) is 5.05. The zero-order chi connectivity index (χ0) is 17.1. The van der Waals surface area contributed by atoms with Crippen LogP contribution in [-0.4, -0.2) is 50.4 Å². The summed E-state index contributed by atoms with van der Waals surface area (Å²) in [7, 11) is -3.67. The van der Waals surface area contributed by atoms with Crippen molar-refractivity contribution in [2.24, 2.45) is 11.3 Å². The van der Waals surface area contributed by atoms with Crippen LogP contribution < -0.4 is 0 Å². The maximum absolute atomic E-state index is 13.1. The Bertz CT molecular complexity index is 779. The largest absolute Gasteiger partial charge is 0.480 e. The van der Waals surface area contributed by atoms with E-state index < -0.39 is 22.0 Å². The first-order valence-corrected chi connectivity index (χ1v) is 10.0. The van der Waals surface area contributed by atoms with Gasteiger partial charge in [-0.3, -0.25) is 4.79 Å². The Morgan fingerprint density at radius 1 is 1.33 bits per heavy atom. The van der Waals surface area contributed by atoms with Gasteiger partial charge >= 0.3 is 5.97 Å². The van der Waals surface area contributed by atoms with E-state index in [1.807, 2.05) is 0 Å². The number of carbonyl (C=O) groups is 1. The highest BCUT2D eigenvalue weighted by atomic mass is 32.2. The van der Waals surface area contributed by atoms with Crippen LogP contribution in [-0.2, 0) is 27.9 Å². The Hall–Kier alpha value is -1.48. The molecule has 3 aliphatic rings. The molecule has 0 saturated heterocycles. The van der Waals surface area contributed by atoms with Gasteiger partial charge in [0.1, 0.15) is 17.7 Å². The third-order valence-corrected chi connectivity index (χ3v) is 8.11. The van der Waals surface area contributed by atoms with E-state index in [9.17, 15) is 18.3 Å². The average Bonchev–Trinajstić information content (AvgIpc) is 3.20. The number of rotatable bonds is 4. The van der Waals surface area contributed by atoms with Crippen LogP contribution >= 0.6 is 0 Å². The molecule has 1 unspecified atom stereocenters. The maximum Gasteiger partial charge on any atom is 0.323 e. The van der Waals surface area contributed by atoms with E-state index in [1.54, 1.807) is 11.5 Å². The van der Waals surface area contributed by atoms with Crippen molar-refractivity contribution in [1.82, 2.24) is 19.1 Å². The van der Waals surface area contributed by atoms with Gasteiger partial charge in [-0.1, -0.05) is 0 Å². The number of aromatic nitrogens is 3. The van der Waals surface area contributed by atoms with Gasteiger partial charge in [0.25, 0.3) is 0 Å². The fraction of sp³-hybridized carbons (Fsp3) is 0.800. The number of nitrogens with zero attached hydrogens (tertiary/aromatic N) is 4. The van der Waals surface area contributed by atoms with Gasteiger partial charge in [0.15, 0.2) is 0 Å². The first-order chi connectivity index (χ1) is 11.3. The number of aliphatic carboxylic acids is 1. The molecule has 0 amide bonds. The summed E-state index contributed by atoms with van der Waals surface area (Å²) < 4.78 is 29.0. The van der Waals surface area contributed by atoms with Crippen LogP contribution in [0.2, 0.25) is 0 Å². The van der Waals surface area contributed by atoms with Crippen molar-refractivity contribution in [2.75, 3.05) is 5.75 Å². The SMILES string of the molecule is Cc1nnc2n1CC(C(=O)O)N(S(=O)(=O)CC13CCC(CC1)C3)C2. The standard InChI is InChI=1S/C15H22N4O4S/c1-10-16-17-13-8-19(12(14(20)21)7-18(10)13)24(22,23)9-15-4-2-11(6-15)3-5-15/h11-12H,2-9H2,1H3,(H,20,21). The van der Waals surface area contributed by atoms with Gasteiger partial charge in [-0.05, 0) is 50.4 Å². The van der Waals surface area contributed by atoms with Gasteiger partial charge in [-0.15, -0.1) is 10.2 Å². The molecule has 4 rings (SSSR count). The molecule has 132 valence electrons. The summed E-state index contributed by atoms with van der Waals surface area (Å²) in [5.41, 5.74) is -0.145. The summed E-state index contributed by atoms with van der Waals surface area (Å²) >= 11 is 0. The van der Waals surface area contributed by atoms with Crippen molar-refractivity contribution in [3.05, 3.63) is 11.6 Å². The molecule has 2 saturated carbocycles. The molecule has 0 aromatic carbocycles. The molecule has 1 N–H and O–H groups in total. The highest BCUT2D eigenvalue weighted by Gasteiger charge is 2.50. The first-order valence-electron chi connectivity index (χ1n) is 8.41. The zero-order valence-electron chi connectivity index (χ0n) is 13.7.